The molecule has 7 heteroatoms. The lowest BCUT2D eigenvalue weighted by atomic mass is 10.1. The highest BCUT2D eigenvalue weighted by Gasteiger charge is 2.17. The fourth-order valence-electron chi connectivity index (χ4n) is 4.98. The van der Waals surface area contributed by atoms with Crippen molar-refractivity contribution in [3.8, 4) is 5.75 Å². The van der Waals surface area contributed by atoms with E-state index in [-0.39, 0.29) is 0 Å². The minimum atomic E-state index is -0.494. The predicted octanol–water partition coefficient (Wildman–Crippen LogP) is 6.10. The molecular weight excluding hydrogens is 484 g/mol. The van der Waals surface area contributed by atoms with Crippen molar-refractivity contribution in [2.75, 3.05) is 20.2 Å². The topological polar surface area (TPSA) is 66.3 Å². The van der Waals surface area contributed by atoms with Crippen LogP contribution in [0.3, 0.4) is 0 Å². The molecule has 0 aliphatic carbocycles. The van der Waals surface area contributed by atoms with Crippen LogP contribution in [-0.4, -0.2) is 51.1 Å². The summed E-state index contributed by atoms with van der Waals surface area (Å²) in [6.45, 7) is 6.48. The Labute approximate surface area is 222 Å². The van der Waals surface area contributed by atoms with E-state index >= 15 is 0 Å². The molecule has 0 aliphatic rings. The van der Waals surface area contributed by atoms with Gasteiger partial charge in [-0.3, -0.25) is 9.58 Å². The molecule has 0 radical (unpaired) electrons. The fourth-order valence-corrected chi connectivity index (χ4v) is 5.18. The molecule has 2 N–H and O–H groups in total. The number of rotatable bonds is 10. The van der Waals surface area contributed by atoms with Crippen LogP contribution in [0.1, 0.15) is 28.9 Å². The van der Waals surface area contributed by atoms with Crippen LogP contribution in [0.15, 0.2) is 66.7 Å². The Morgan fingerprint density at radius 1 is 1.03 bits per heavy atom. The van der Waals surface area contributed by atoms with E-state index in [0.717, 1.165) is 49.5 Å². The summed E-state index contributed by atoms with van der Waals surface area (Å²) in [5.74, 6) is 0.840. The number of halogens is 1. The van der Waals surface area contributed by atoms with Gasteiger partial charge in [0.15, 0.2) is 0 Å². The number of aromatic amines is 1. The number of likely N-dealkylation sites (N-methyl/N-ethyl adjacent to an activating group) is 1. The van der Waals surface area contributed by atoms with E-state index in [2.05, 4.69) is 35.0 Å². The quantitative estimate of drug-likeness (QED) is 0.235. The second-order valence-corrected chi connectivity index (χ2v) is 10.1. The normalized spacial score (nSPS) is 12.6. The number of hydrogen-bond acceptors (Lipinski definition) is 4. The van der Waals surface area contributed by atoms with Crippen molar-refractivity contribution in [2.24, 2.45) is 0 Å². The van der Waals surface area contributed by atoms with Crippen molar-refractivity contribution < 1.29 is 9.84 Å². The first-order valence-corrected chi connectivity index (χ1v) is 13.0. The minimum Gasteiger partial charge on any atom is -0.493 e. The van der Waals surface area contributed by atoms with Crippen LogP contribution >= 0.6 is 11.6 Å². The van der Waals surface area contributed by atoms with Gasteiger partial charge in [-0.15, -0.1) is 0 Å². The maximum Gasteiger partial charge on any atom is 0.129 e. The molecular formula is C30H33ClN4O2. The molecule has 0 saturated heterocycles. The molecule has 0 amide bonds. The van der Waals surface area contributed by atoms with Gasteiger partial charge in [0.25, 0.3) is 0 Å². The number of nitrogens with zero attached hydrogens (tertiary/aromatic N) is 3. The SMILES string of the molecule is Cc1nn(Cc2ccccc2Cl)c(C)c1CN(C)CC(O)CCOc1cccc2[nH]c3ccccc3c12. The summed E-state index contributed by atoms with van der Waals surface area (Å²) in [6, 6.07) is 22.2. The summed E-state index contributed by atoms with van der Waals surface area (Å²) in [7, 11) is 2.03. The summed E-state index contributed by atoms with van der Waals surface area (Å²) < 4.78 is 8.15. The second kappa shape index (κ2) is 11.0. The zero-order chi connectivity index (χ0) is 25.9. The fraction of sp³-hybridized carbons (Fsp3) is 0.300. The molecule has 1 unspecified atom stereocenters. The number of H-pyrrole nitrogens is 1. The van der Waals surface area contributed by atoms with Crippen molar-refractivity contribution >= 4 is 33.4 Å². The van der Waals surface area contributed by atoms with Gasteiger partial charge in [-0.05, 0) is 50.7 Å². The highest BCUT2D eigenvalue weighted by atomic mass is 35.5. The number of aryl methyl sites for hydroxylation is 1. The van der Waals surface area contributed by atoms with Crippen LogP contribution < -0.4 is 4.74 Å². The summed E-state index contributed by atoms with van der Waals surface area (Å²) in [4.78, 5) is 5.59. The number of benzene rings is 3. The number of para-hydroxylation sites is 1. The van der Waals surface area contributed by atoms with E-state index in [4.69, 9.17) is 21.4 Å². The Morgan fingerprint density at radius 3 is 2.62 bits per heavy atom. The number of aromatic nitrogens is 3. The van der Waals surface area contributed by atoms with Crippen LogP contribution in [0.2, 0.25) is 5.02 Å². The van der Waals surface area contributed by atoms with Gasteiger partial charge in [0.1, 0.15) is 5.75 Å². The van der Waals surface area contributed by atoms with Crippen molar-refractivity contribution in [3.05, 3.63) is 94.3 Å². The van der Waals surface area contributed by atoms with Crippen molar-refractivity contribution in [1.29, 1.82) is 0 Å². The Hall–Kier alpha value is -3.32. The number of fused-ring (bicyclic) bond motifs is 3. The summed E-state index contributed by atoms with van der Waals surface area (Å²) in [5.41, 5.74) is 6.50. The summed E-state index contributed by atoms with van der Waals surface area (Å²) >= 11 is 6.36. The second-order valence-electron chi connectivity index (χ2n) is 9.74. The Bertz CT molecular complexity index is 1520. The molecule has 5 rings (SSSR count). The lowest BCUT2D eigenvalue weighted by molar-refractivity contribution is 0.0991. The van der Waals surface area contributed by atoms with Gasteiger partial charge in [0, 0.05) is 52.1 Å². The van der Waals surface area contributed by atoms with Gasteiger partial charge in [0.2, 0.25) is 0 Å². The van der Waals surface area contributed by atoms with Gasteiger partial charge in [-0.1, -0.05) is 54.1 Å². The van der Waals surface area contributed by atoms with Gasteiger partial charge >= 0.3 is 0 Å². The molecule has 1 atom stereocenters. The number of aliphatic hydroxyl groups excluding tert-OH is 1. The molecule has 0 spiro atoms. The predicted molar refractivity (Wildman–Crippen MR) is 151 cm³/mol. The molecule has 2 heterocycles. The first-order valence-electron chi connectivity index (χ1n) is 12.7. The van der Waals surface area contributed by atoms with Crippen LogP contribution in [0.4, 0.5) is 0 Å². The zero-order valence-corrected chi connectivity index (χ0v) is 22.3. The first-order chi connectivity index (χ1) is 17.9. The van der Waals surface area contributed by atoms with Crippen LogP contribution in [0.25, 0.3) is 21.8 Å². The molecule has 3 aromatic carbocycles. The maximum atomic E-state index is 10.7. The van der Waals surface area contributed by atoms with Crippen LogP contribution in [0.5, 0.6) is 5.75 Å². The molecule has 5 aromatic rings. The molecule has 37 heavy (non-hydrogen) atoms. The monoisotopic (exact) mass is 516 g/mol. The Morgan fingerprint density at radius 2 is 1.78 bits per heavy atom. The zero-order valence-electron chi connectivity index (χ0n) is 21.5. The van der Waals surface area contributed by atoms with E-state index in [1.807, 2.05) is 67.2 Å². The van der Waals surface area contributed by atoms with E-state index in [9.17, 15) is 5.11 Å². The molecule has 2 aromatic heterocycles. The van der Waals surface area contributed by atoms with Gasteiger partial charge < -0.3 is 14.8 Å². The first kappa shape index (κ1) is 25.3. The number of aliphatic hydroxyl groups is 1. The molecule has 0 fully saturated rings. The molecule has 0 aliphatic heterocycles. The van der Waals surface area contributed by atoms with Gasteiger partial charge in [-0.25, -0.2) is 0 Å². The third kappa shape index (κ3) is 5.52. The smallest absolute Gasteiger partial charge is 0.129 e. The number of nitrogens with one attached hydrogen (secondary N) is 1. The lowest BCUT2D eigenvalue weighted by Crippen LogP contribution is -2.30. The van der Waals surface area contributed by atoms with E-state index < -0.39 is 6.10 Å². The standard InChI is InChI=1S/C30H33ClN4O2/c1-20-25(21(2)35(33-20)17-22-9-4-6-11-26(22)31)19-34(3)18-23(36)15-16-37-29-14-8-13-28-30(29)24-10-5-7-12-27(24)32-28/h4-14,23,32,36H,15-19H2,1-3H3. The third-order valence-electron chi connectivity index (χ3n) is 6.96. The Balaban J connectivity index is 1.17. The number of hydrogen-bond donors (Lipinski definition) is 2. The van der Waals surface area contributed by atoms with Crippen molar-refractivity contribution in [3.63, 3.8) is 0 Å². The molecule has 0 saturated carbocycles. The average Bonchev–Trinajstić information content (AvgIpc) is 3.38. The van der Waals surface area contributed by atoms with Crippen LogP contribution in [0, 0.1) is 13.8 Å². The van der Waals surface area contributed by atoms with E-state index in [1.165, 1.54) is 5.56 Å². The highest BCUT2D eigenvalue weighted by Crippen LogP contribution is 2.33. The van der Waals surface area contributed by atoms with E-state index in [0.29, 0.717) is 32.7 Å². The van der Waals surface area contributed by atoms with Crippen molar-refractivity contribution in [2.45, 2.75) is 39.5 Å². The third-order valence-corrected chi connectivity index (χ3v) is 7.33. The molecule has 6 nitrogen and oxygen atoms in total. The van der Waals surface area contributed by atoms with E-state index in [1.54, 1.807) is 0 Å². The number of ether oxygens (including phenoxy) is 1. The van der Waals surface area contributed by atoms with Crippen molar-refractivity contribution in [1.82, 2.24) is 19.7 Å². The summed E-state index contributed by atoms with van der Waals surface area (Å²) in [5, 5.41) is 18.5. The van der Waals surface area contributed by atoms with Gasteiger partial charge in [0.05, 0.1) is 30.5 Å². The van der Waals surface area contributed by atoms with Crippen LogP contribution in [-0.2, 0) is 13.1 Å². The summed E-state index contributed by atoms with van der Waals surface area (Å²) in [6.07, 6.45) is 0.0539. The largest absolute Gasteiger partial charge is 0.493 e. The lowest BCUT2D eigenvalue weighted by Gasteiger charge is -2.21. The molecule has 192 valence electrons. The van der Waals surface area contributed by atoms with Gasteiger partial charge in [-0.2, -0.15) is 5.10 Å². The average molecular weight is 517 g/mol. The molecule has 0 bridgehead atoms. The minimum absolute atomic E-state index is 0.446. The maximum absolute atomic E-state index is 10.7. The highest BCUT2D eigenvalue weighted by molar-refractivity contribution is 6.31. The Kier molecular flexibility index (Phi) is 7.51.